The summed E-state index contributed by atoms with van der Waals surface area (Å²) < 4.78 is 63.5. The van der Waals surface area contributed by atoms with Gasteiger partial charge in [-0.2, -0.15) is 0 Å². The number of ether oxygens (including phenoxy) is 2. The van der Waals surface area contributed by atoms with Crippen molar-refractivity contribution in [1.29, 1.82) is 0 Å². The second-order valence-corrected chi connectivity index (χ2v) is 20.7. The number of likely N-dealkylation sites (tertiary alicyclic amines) is 1. The number of sulfone groups is 1. The van der Waals surface area contributed by atoms with E-state index in [0.717, 1.165) is 43.1 Å². The fourth-order valence-corrected chi connectivity index (χ4v) is 9.81. The van der Waals surface area contributed by atoms with Gasteiger partial charge in [0.25, 0.3) is 5.91 Å². The lowest BCUT2D eigenvalue weighted by atomic mass is 9.85. The Hall–Kier alpha value is -4.28. The molecule has 5 atom stereocenters. The van der Waals surface area contributed by atoms with Crippen LogP contribution in [0.3, 0.4) is 0 Å². The van der Waals surface area contributed by atoms with Gasteiger partial charge in [0.1, 0.15) is 29.3 Å². The van der Waals surface area contributed by atoms with Crippen molar-refractivity contribution in [3.8, 4) is 11.1 Å². The van der Waals surface area contributed by atoms with Crippen LogP contribution in [0.15, 0.2) is 66.1 Å². The number of benzene rings is 2. The van der Waals surface area contributed by atoms with Gasteiger partial charge in [-0.15, -0.1) is 6.58 Å². The van der Waals surface area contributed by atoms with Crippen molar-refractivity contribution in [3.63, 3.8) is 0 Å². The first-order valence-corrected chi connectivity index (χ1v) is 22.4. The van der Waals surface area contributed by atoms with E-state index in [1.165, 1.54) is 30.2 Å². The third-order valence-electron chi connectivity index (χ3n) is 11.5. The van der Waals surface area contributed by atoms with Gasteiger partial charge in [0.05, 0.1) is 16.7 Å². The third-order valence-corrected chi connectivity index (χ3v) is 14.5. The van der Waals surface area contributed by atoms with Crippen LogP contribution in [0.25, 0.3) is 11.1 Å². The van der Waals surface area contributed by atoms with Crippen molar-refractivity contribution in [3.05, 3.63) is 66.7 Å². The van der Waals surface area contributed by atoms with Gasteiger partial charge < -0.3 is 25.0 Å². The highest BCUT2D eigenvalue weighted by molar-refractivity contribution is 7.91. The largest absolute Gasteiger partial charge is 0.446 e. The molecule has 4 amide bonds. The Morgan fingerprint density at radius 3 is 2.00 bits per heavy atom. The molecule has 3 aliphatic carbocycles. The number of rotatable bonds is 13. The highest BCUT2D eigenvalue weighted by Gasteiger charge is 2.62. The van der Waals surface area contributed by atoms with Crippen molar-refractivity contribution >= 4 is 43.7 Å². The highest BCUT2D eigenvalue weighted by Crippen LogP contribution is 2.47. The molecule has 0 aromatic heterocycles. The molecule has 2 aromatic rings. The van der Waals surface area contributed by atoms with Gasteiger partial charge in [-0.05, 0) is 79.2 Å². The summed E-state index contributed by atoms with van der Waals surface area (Å²) in [5.74, 6) is -2.66. The van der Waals surface area contributed by atoms with Crippen molar-refractivity contribution in [1.82, 2.24) is 20.3 Å². The molecule has 16 heteroatoms. The molecule has 3 saturated carbocycles. The molecule has 1 heterocycles. The minimum Gasteiger partial charge on any atom is -0.446 e. The number of nitrogens with one attached hydrogen (secondary N) is 3. The standard InChI is InChI=1S/C40H52N4O10S2/c1-7-27-22-40(27,36(47)43-56(51,52)31-20-21-31)42-34(45)32-23-39(53-5,28-16-12-25(13-17-28)26-14-18-30(19-15-26)55(6,49)50)24-44(32)35(46)33(38(2,3)4)41-37(48)54-29-10-8-9-11-29/h7,12-19,27,29,31-33H,1,8-11,20-24H2,2-6H3,(H,41,48)(H,42,45)(H,43,47)/t27-,32+,33-,39+,40-/m1/s1. The molecule has 4 fully saturated rings. The lowest BCUT2D eigenvalue weighted by molar-refractivity contribution is -0.143. The van der Waals surface area contributed by atoms with Gasteiger partial charge in [-0.25, -0.2) is 21.6 Å². The summed E-state index contributed by atoms with van der Waals surface area (Å²) in [6.07, 6.45) is 5.98. The minimum atomic E-state index is -3.93. The predicted octanol–water partition coefficient (Wildman–Crippen LogP) is 3.95. The van der Waals surface area contributed by atoms with Gasteiger partial charge >= 0.3 is 6.09 Å². The smallest absolute Gasteiger partial charge is 0.408 e. The number of hydrogen-bond acceptors (Lipinski definition) is 10. The fraction of sp³-hybridized carbons (Fsp3) is 0.550. The Kier molecular flexibility index (Phi) is 11.3. The Bertz CT molecular complexity index is 2090. The van der Waals surface area contributed by atoms with Crippen LogP contribution in [0.2, 0.25) is 0 Å². The van der Waals surface area contributed by atoms with E-state index in [1.807, 2.05) is 24.3 Å². The normalized spacial score (nSPS) is 25.9. The zero-order chi connectivity index (χ0) is 40.8. The molecule has 4 aliphatic rings. The van der Waals surface area contributed by atoms with Gasteiger partial charge in [-0.1, -0.05) is 63.2 Å². The molecule has 14 nitrogen and oxygen atoms in total. The number of methoxy groups -OCH3 is 1. The topological polar surface area (TPSA) is 194 Å². The monoisotopic (exact) mass is 812 g/mol. The Balaban J connectivity index is 1.32. The number of alkyl carbamates (subject to hydrolysis) is 1. The highest BCUT2D eigenvalue weighted by atomic mass is 32.2. The molecule has 1 saturated heterocycles. The first-order chi connectivity index (χ1) is 26.2. The second kappa shape index (κ2) is 15.2. The van der Waals surface area contributed by atoms with Crippen molar-refractivity contribution in [2.45, 2.75) is 112 Å². The van der Waals surface area contributed by atoms with E-state index in [2.05, 4.69) is 21.9 Å². The van der Waals surface area contributed by atoms with Crippen LogP contribution in [0.5, 0.6) is 0 Å². The van der Waals surface area contributed by atoms with Crippen LogP contribution in [0.4, 0.5) is 4.79 Å². The molecule has 0 radical (unpaired) electrons. The maximum atomic E-state index is 14.8. The van der Waals surface area contributed by atoms with Gasteiger partial charge in [0, 0.05) is 25.7 Å². The fourth-order valence-electron chi connectivity index (χ4n) is 7.82. The number of hydrogen-bond donors (Lipinski definition) is 3. The summed E-state index contributed by atoms with van der Waals surface area (Å²) in [5, 5.41) is 4.92. The van der Waals surface area contributed by atoms with E-state index in [9.17, 15) is 36.0 Å². The maximum absolute atomic E-state index is 14.8. The van der Waals surface area contributed by atoms with Crippen LogP contribution in [0, 0.1) is 11.3 Å². The molecule has 3 N–H and O–H groups in total. The van der Waals surface area contributed by atoms with Gasteiger partial charge in [-0.3, -0.25) is 19.1 Å². The third kappa shape index (κ3) is 8.52. The first kappa shape index (κ1) is 41.4. The summed E-state index contributed by atoms with van der Waals surface area (Å²) >= 11 is 0. The number of nitrogens with zero attached hydrogens (tertiary/aromatic N) is 1. The van der Waals surface area contributed by atoms with Crippen LogP contribution in [-0.4, -0.2) is 94.4 Å². The van der Waals surface area contributed by atoms with Crippen molar-refractivity contribution < 1.29 is 45.5 Å². The second-order valence-electron chi connectivity index (χ2n) is 16.7. The van der Waals surface area contributed by atoms with Crippen LogP contribution in [-0.2, 0) is 49.3 Å². The summed E-state index contributed by atoms with van der Waals surface area (Å²) in [4.78, 5) is 57.6. The molecule has 0 spiro atoms. The minimum absolute atomic E-state index is 0.0380. The average molecular weight is 813 g/mol. The van der Waals surface area contributed by atoms with E-state index >= 15 is 0 Å². The van der Waals surface area contributed by atoms with Crippen molar-refractivity contribution in [2.24, 2.45) is 11.3 Å². The van der Waals surface area contributed by atoms with Gasteiger partial charge in [0.15, 0.2) is 9.84 Å². The summed E-state index contributed by atoms with van der Waals surface area (Å²) in [5.41, 5.74) is -1.44. The van der Waals surface area contributed by atoms with Gasteiger partial charge in [0.2, 0.25) is 21.8 Å². The quantitative estimate of drug-likeness (QED) is 0.250. The number of carbonyl (C=O) groups is 4. The molecule has 2 aromatic carbocycles. The molecular weight excluding hydrogens is 761 g/mol. The molecule has 56 heavy (non-hydrogen) atoms. The summed E-state index contributed by atoms with van der Waals surface area (Å²) in [7, 11) is -5.83. The van der Waals surface area contributed by atoms with E-state index < -0.39 is 83.5 Å². The van der Waals surface area contributed by atoms with Crippen molar-refractivity contribution in [2.75, 3.05) is 19.9 Å². The SMILES string of the molecule is C=C[C@@H]1C[C@]1(NC(=O)[C@@H]1C[C@@](OC)(c2ccc(-c3ccc(S(C)(=O)=O)cc3)cc2)CN1C(=O)[C@@H](NC(=O)OC1CCCC1)C(C)(C)C)C(=O)NS(=O)(=O)C1CC1. The molecule has 1 aliphatic heterocycles. The van der Waals surface area contributed by atoms with E-state index in [1.54, 1.807) is 32.9 Å². The van der Waals surface area contributed by atoms with E-state index in [0.29, 0.717) is 18.4 Å². The van der Waals surface area contributed by atoms with E-state index in [4.69, 9.17) is 9.47 Å². The molecule has 6 rings (SSSR count). The number of amides is 4. The first-order valence-electron chi connectivity index (χ1n) is 19.0. The Labute approximate surface area is 329 Å². The zero-order valence-corrected chi connectivity index (χ0v) is 34.1. The van der Waals surface area contributed by atoms with Crippen LogP contribution < -0.4 is 15.4 Å². The number of carbonyl (C=O) groups excluding carboxylic acids is 4. The molecule has 304 valence electrons. The summed E-state index contributed by atoms with van der Waals surface area (Å²) in [6, 6.07) is 11.5. The number of sulfonamides is 1. The molecule has 0 bridgehead atoms. The lowest BCUT2D eigenvalue weighted by Crippen LogP contribution is -2.60. The lowest BCUT2D eigenvalue weighted by Gasteiger charge is -2.36. The maximum Gasteiger partial charge on any atom is 0.408 e. The average Bonchev–Trinajstić information content (AvgIpc) is 4.03. The van der Waals surface area contributed by atoms with Crippen LogP contribution in [0.1, 0.15) is 77.7 Å². The summed E-state index contributed by atoms with van der Waals surface area (Å²) in [6.45, 7) is 9.05. The van der Waals surface area contributed by atoms with Crippen LogP contribution >= 0.6 is 0 Å². The molecule has 0 unspecified atom stereocenters. The Morgan fingerprint density at radius 1 is 0.911 bits per heavy atom. The predicted molar refractivity (Wildman–Crippen MR) is 208 cm³/mol. The van der Waals surface area contributed by atoms with E-state index in [-0.39, 0.29) is 30.4 Å². The molecular formula is C40H52N4O10S2. The Morgan fingerprint density at radius 2 is 1.50 bits per heavy atom. The zero-order valence-electron chi connectivity index (χ0n) is 32.5.